The molecule has 0 radical (unpaired) electrons. The summed E-state index contributed by atoms with van der Waals surface area (Å²) in [5, 5.41) is 2.54. The minimum absolute atomic E-state index is 0.0603. The smallest absolute Gasteiger partial charge is 0.410 e. The number of carbonyl (C=O) groups excluding carboxylic acids is 3. The van der Waals surface area contributed by atoms with Crippen molar-refractivity contribution in [3.8, 4) is 0 Å². The Balaban J connectivity index is 1.21. The molecule has 1 unspecified atom stereocenters. The molecule has 0 bridgehead atoms. The third-order valence-corrected chi connectivity index (χ3v) is 9.43. The second kappa shape index (κ2) is 11.2. The molecule has 220 valence electrons. The van der Waals surface area contributed by atoms with E-state index in [2.05, 4.69) is 52.1 Å². The van der Waals surface area contributed by atoms with Gasteiger partial charge in [-0.25, -0.2) is 4.79 Å². The van der Waals surface area contributed by atoms with Crippen LogP contribution in [0.1, 0.15) is 72.3 Å². The summed E-state index contributed by atoms with van der Waals surface area (Å²) in [5.74, 6) is 0.202. The van der Waals surface area contributed by atoms with Gasteiger partial charge in [0.15, 0.2) is 0 Å². The molecule has 9 nitrogen and oxygen atoms in total. The molecule has 0 spiro atoms. The fraction of sp³-hybridized carbons (Fsp3) is 0.710. The van der Waals surface area contributed by atoms with E-state index in [9.17, 15) is 14.4 Å². The first-order valence-electron chi connectivity index (χ1n) is 15.1. The Kier molecular flexibility index (Phi) is 8.06. The molecule has 4 heterocycles. The third kappa shape index (κ3) is 5.94. The van der Waals surface area contributed by atoms with Crippen LogP contribution >= 0.6 is 0 Å². The summed E-state index contributed by atoms with van der Waals surface area (Å²) in [4.78, 5) is 46.2. The van der Waals surface area contributed by atoms with Crippen molar-refractivity contribution in [1.82, 2.24) is 15.1 Å². The van der Waals surface area contributed by atoms with Crippen LogP contribution in [0.2, 0.25) is 0 Å². The SMILES string of the molecule is CC(C)(C)OC(=O)N1CCC(C(C)(C)N2CCN(c3cccc4c3CCCN4C3CCC(=O)NC3=O)CC2)CC1. The number of anilines is 2. The van der Waals surface area contributed by atoms with Gasteiger partial charge in [0, 0.05) is 69.1 Å². The lowest BCUT2D eigenvalue weighted by Crippen LogP contribution is -2.59. The van der Waals surface area contributed by atoms with E-state index >= 15 is 0 Å². The maximum absolute atomic E-state index is 12.7. The van der Waals surface area contributed by atoms with E-state index in [-0.39, 0.29) is 29.5 Å². The topological polar surface area (TPSA) is 85.4 Å². The van der Waals surface area contributed by atoms with Gasteiger partial charge in [-0.2, -0.15) is 0 Å². The van der Waals surface area contributed by atoms with Gasteiger partial charge in [-0.15, -0.1) is 0 Å². The minimum Gasteiger partial charge on any atom is -0.444 e. The zero-order valence-corrected chi connectivity index (χ0v) is 25.0. The summed E-state index contributed by atoms with van der Waals surface area (Å²) in [5.41, 5.74) is 3.37. The van der Waals surface area contributed by atoms with Crippen LogP contribution in [-0.2, 0) is 20.7 Å². The number of fused-ring (bicyclic) bond motifs is 1. The molecule has 0 saturated carbocycles. The summed E-state index contributed by atoms with van der Waals surface area (Å²) in [6.07, 6.45) is 4.80. The molecule has 9 heteroatoms. The molecule has 1 atom stereocenters. The maximum Gasteiger partial charge on any atom is 0.410 e. The number of imide groups is 1. The van der Waals surface area contributed by atoms with Gasteiger partial charge in [-0.1, -0.05) is 6.07 Å². The molecule has 3 fully saturated rings. The molecular weight excluding hydrogens is 506 g/mol. The Morgan fingerprint density at radius 2 is 1.55 bits per heavy atom. The predicted octanol–water partition coefficient (Wildman–Crippen LogP) is 3.79. The summed E-state index contributed by atoms with van der Waals surface area (Å²) >= 11 is 0. The summed E-state index contributed by atoms with van der Waals surface area (Å²) in [6, 6.07) is 6.23. The first kappa shape index (κ1) is 28.7. The van der Waals surface area contributed by atoms with Gasteiger partial charge in [0.25, 0.3) is 0 Å². The second-order valence-corrected chi connectivity index (χ2v) is 13.4. The van der Waals surface area contributed by atoms with E-state index in [0.717, 1.165) is 77.2 Å². The monoisotopic (exact) mass is 553 g/mol. The quantitative estimate of drug-likeness (QED) is 0.568. The summed E-state index contributed by atoms with van der Waals surface area (Å²) in [6.45, 7) is 16.8. The Morgan fingerprint density at radius 3 is 2.20 bits per heavy atom. The molecule has 0 aromatic heterocycles. The highest BCUT2D eigenvalue weighted by Crippen LogP contribution is 2.39. The Morgan fingerprint density at radius 1 is 0.875 bits per heavy atom. The summed E-state index contributed by atoms with van der Waals surface area (Å²) < 4.78 is 5.59. The van der Waals surface area contributed by atoms with Crippen LogP contribution in [0.25, 0.3) is 0 Å². The van der Waals surface area contributed by atoms with Gasteiger partial charge in [0.1, 0.15) is 11.6 Å². The highest BCUT2D eigenvalue weighted by atomic mass is 16.6. The predicted molar refractivity (Wildman–Crippen MR) is 157 cm³/mol. The Labute approximate surface area is 239 Å². The lowest BCUT2D eigenvalue weighted by atomic mass is 9.78. The number of hydrogen-bond acceptors (Lipinski definition) is 7. The Hall–Kier alpha value is -2.81. The molecular formula is C31H47N5O4. The van der Waals surface area contributed by atoms with Gasteiger partial charge in [0.2, 0.25) is 11.8 Å². The first-order chi connectivity index (χ1) is 18.9. The van der Waals surface area contributed by atoms with Gasteiger partial charge < -0.3 is 19.4 Å². The van der Waals surface area contributed by atoms with Crippen LogP contribution in [0.15, 0.2) is 18.2 Å². The molecule has 3 amide bonds. The van der Waals surface area contributed by atoms with Gasteiger partial charge >= 0.3 is 6.09 Å². The van der Waals surface area contributed by atoms with Crippen molar-refractivity contribution in [1.29, 1.82) is 0 Å². The van der Waals surface area contributed by atoms with Gasteiger partial charge in [-0.05, 0) is 90.3 Å². The fourth-order valence-corrected chi connectivity index (χ4v) is 7.11. The van der Waals surface area contributed by atoms with E-state index in [1.165, 1.54) is 11.3 Å². The van der Waals surface area contributed by atoms with Crippen LogP contribution in [0.4, 0.5) is 16.2 Å². The zero-order chi connectivity index (χ0) is 28.7. The molecule has 0 aliphatic carbocycles. The number of likely N-dealkylation sites (tertiary alicyclic amines) is 1. The molecule has 5 rings (SSSR count). The Bertz CT molecular complexity index is 1110. The number of piperazine rings is 1. The van der Waals surface area contributed by atoms with Crippen LogP contribution in [0.3, 0.4) is 0 Å². The van der Waals surface area contributed by atoms with E-state index in [4.69, 9.17) is 4.74 Å². The minimum atomic E-state index is -0.464. The van der Waals surface area contributed by atoms with Crippen LogP contribution < -0.4 is 15.1 Å². The number of carbonyl (C=O) groups is 3. The third-order valence-electron chi connectivity index (χ3n) is 9.43. The van der Waals surface area contributed by atoms with Crippen molar-refractivity contribution in [2.24, 2.45) is 5.92 Å². The average Bonchev–Trinajstić information content (AvgIpc) is 2.92. The maximum atomic E-state index is 12.7. The number of benzene rings is 1. The lowest BCUT2D eigenvalue weighted by Gasteiger charge is -2.50. The largest absolute Gasteiger partial charge is 0.444 e. The van der Waals surface area contributed by atoms with E-state index in [0.29, 0.717) is 18.8 Å². The van der Waals surface area contributed by atoms with E-state index in [1.807, 2.05) is 25.7 Å². The van der Waals surface area contributed by atoms with Crippen molar-refractivity contribution in [2.45, 2.75) is 90.3 Å². The number of rotatable bonds is 4. The number of nitrogens with zero attached hydrogens (tertiary/aromatic N) is 4. The number of hydrogen-bond donors (Lipinski definition) is 1. The highest BCUT2D eigenvalue weighted by molar-refractivity contribution is 6.02. The van der Waals surface area contributed by atoms with Crippen molar-refractivity contribution < 1.29 is 19.1 Å². The van der Waals surface area contributed by atoms with Crippen molar-refractivity contribution in [3.05, 3.63) is 23.8 Å². The van der Waals surface area contributed by atoms with E-state index in [1.54, 1.807) is 0 Å². The van der Waals surface area contributed by atoms with Crippen molar-refractivity contribution in [2.75, 3.05) is 55.6 Å². The molecule has 40 heavy (non-hydrogen) atoms. The fourth-order valence-electron chi connectivity index (χ4n) is 7.11. The zero-order valence-electron chi connectivity index (χ0n) is 25.0. The van der Waals surface area contributed by atoms with Crippen molar-refractivity contribution >= 4 is 29.3 Å². The first-order valence-corrected chi connectivity index (χ1v) is 15.1. The van der Waals surface area contributed by atoms with Crippen LogP contribution in [0, 0.1) is 5.92 Å². The molecule has 3 saturated heterocycles. The second-order valence-electron chi connectivity index (χ2n) is 13.4. The van der Waals surface area contributed by atoms with Gasteiger partial charge in [0.05, 0.1) is 0 Å². The molecule has 4 aliphatic heterocycles. The van der Waals surface area contributed by atoms with Crippen molar-refractivity contribution in [3.63, 3.8) is 0 Å². The molecule has 4 aliphatic rings. The summed E-state index contributed by atoms with van der Waals surface area (Å²) in [7, 11) is 0. The highest BCUT2D eigenvalue weighted by Gasteiger charge is 2.40. The average molecular weight is 554 g/mol. The van der Waals surface area contributed by atoms with Gasteiger partial charge in [-0.3, -0.25) is 19.8 Å². The number of nitrogens with one attached hydrogen (secondary N) is 1. The molecule has 1 aromatic rings. The number of amides is 3. The standard InChI is InChI=1S/C31H47N5O4/c1-30(2,3)40-29(39)34-16-13-22(14-17-34)31(4,5)35-20-18-33(19-21-35)24-9-6-10-25-23(24)8-7-15-36(25)26-11-12-27(37)32-28(26)38/h6,9-10,22,26H,7-8,11-21H2,1-5H3,(H,32,37,38). The molecule has 1 N–H and O–H groups in total. The normalized spacial score (nSPS) is 23.6. The van der Waals surface area contributed by atoms with E-state index < -0.39 is 5.60 Å². The number of piperidine rings is 2. The van der Waals surface area contributed by atoms with Crippen LogP contribution in [0.5, 0.6) is 0 Å². The van der Waals surface area contributed by atoms with Crippen LogP contribution in [-0.4, -0.2) is 90.7 Å². The molecule has 1 aromatic carbocycles. The number of ether oxygens (including phenoxy) is 1. The lowest BCUT2D eigenvalue weighted by molar-refractivity contribution is -0.134.